The molecule has 2 aromatic carbocycles. The third-order valence-corrected chi connectivity index (χ3v) is 16.5. The standard InChI is InChI=1S/C35H39F2N5O2Si/c1-19(2)45(20(3)4,21(5)6)15-13-23-26(36)11-10-22-8-7-9-24(30(22)23)32-31(37)33-25(16-39-32)34(27(38)17-40-33)42-18-29-28(42)12-14-41(29)35(43)44/h7-11,16-17,19-21,28-29H,12,14,18,38H2,1-6H3,(H,43,44)/t28-,29-/m1/s1. The minimum atomic E-state index is -2.18. The summed E-state index contributed by atoms with van der Waals surface area (Å²) in [7, 11) is -2.18. The zero-order valence-corrected chi connectivity index (χ0v) is 27.5. The molecule has 4 heterocycles. The minimum absolute atomic E-state index is 0.0444. The van der Waals surface area contributed by atoms with E-state index in [1.807, 2.05) is 17.0 Å². The summed E-state index contributed by atoms with van der Waals surface area (Å²) in [6.07, 6.45) is 2.73. The number of nitrogens with zero attached hydrogens (tertiary/aromatic N) is 4. The van der Waals surface area contributed by atoms with Crippen LogP contribution in [-0.4, -0.2) is 59.3 Å². The molecular weight excluding hydrogens is 589 g/mol. The Morgan fingerprint density at radius 1 is 1.02 bits per heavy atom. The molecule has 0 bridgehead atoms. The summed E-state index contributed by atoms with van der Waals surface area (Å²) in [5, 5.41) is 11.3. The topological polar surface area (TPSA) is 95.6 Å². The average Bonchev–Trinajstić information content (AvgIpc) is 3.31. The summed E-state index contributed by atoms with van der Waals surface area (Å²) in [4.78, 5) is 24.1. The summed E-state index contributed by atoms with van der Waals surface area (Å²) < 4.78 is 32.2. The van der Waals surface area contributed by atoms with Crippen molar-refractivity contribution >= 4 is 47.2 Å². The lowest BCUT2D eigenvalue weighted by Crippen LogP contribution is -2.63. The zero-order valence-electron chi connectivity index (χ0n) is 26.5. The first kappa shape index (κ1) is 30.8. The predicted octanol–water partition coefficient (Wildman–Crippen LogP) is 7.82. The van der Waals surface area contributed by atoms with E-state index in [4.69, 9.17) is 5.73 Å². The van der Waals surface area contributed by atoms with Gasteiger partial charge in [0.15, 0.2) is 5.82 Å². The van der Waals surface area contributed by atoms with E-state index in [1.165, 1.54) is 17.2 Å². The van der Waals surface area contributed by atoms with Crippen molar-refractivity contribution in [3.05, 3.63) is 59.9 Å². The molecular formula is C35H39F2N5O2Si. The van der Waals surface area contributed by atoms with Crippen LogP contribution in [-0.2, 0) is 0 Å². The fourth-order valence-electron chi connectivity index (χ4n) is 8.03. The number of fused-ring (bicyclic) bond motifs is 3. The number of hydrogen-bond acceptors (Lipinski definition) is 5. The van der Waals surface area contributed by atoms with Crippen molar-refractivity contribution in [3.63, 3.8) is 0 Å². The van der Waals surface area contributed by atoms with Gasteiger partial charge in [-0.2, -0.15) is 0 Å². The van der Waals surface area contributed by atoms with Crippen LogP contribution in [0.2, 0.25) is 16.6 Å². The van der Waals surface area contributed by atoms with Gasteiger partial charge in [0.1, 0.15) is 25.1 Å². The van der Waals surface area contributed by atoms with Gasteiger partial charge in [0.05, 0.1) is 35.2 Å². The molecule has 0 spiro atoms. The lowest BCUT2D eigenvalue weighted by molar-refractivity contribution is 0.129. The number of nitrogens with two attached hydrogens (primary N) is 1. The SMILES string of the molecule is CC(C)[Si](C#Cc1c(F)ccc2cccc(-c3ncc4c(N5C[C@@H]6[C@H]5CCN6C(=O)O)c(N)cnc4c3F)c12)(C(C)C)C(C)C. The van der Waals surface area contributed by atoms with Crippen molar-refractivity contribution in [2.45, 2.75) is 76.7 Å². The second kappa shape index (κ2) is 11.3. The molecule has 2 aliphatic rings. The van der Waals surface area contributed by atoms with Crippen LogP contribution in [0.1, 0.15) is 53.5 Å². The van der Waals surface area contributed by atoms with E-state index >= 15 is 8.78 Å². The molecule has 0 unspecified atom stereocenters. The van der Waals surface area contributed by atoms with Crippen molar-refractivity contribution in [1.82, 2.24) is 14.9 Å². The average molecular weight is 628 g/mol. The zero-order chi connectivity index (χ0) is 32.4. The fourth-order valence-corrected chi connectivity index (χ4v) is 13.2. The van der Waals surface area contributed by atoms with Gasteiger partial charge in [-0.1, -0.05) is 71.7 Å². The Bertz CT molecular complexity index is 1880. The minimum Gasteiger partial charge on any atom is -0.465 e. The molecule has 2 fully saturated rings. The number of anilines is 2. The molecule has 2 atom stereocenters. The maximum atomic E-state index is 16.5. The number of carbonyl (C=O) groups is 1. The van der Waals surface area contributed by atoms with Gasteiger partial charge in [-0.05, 0) is 34.5 Å². The van der Waals surface area contributed by atoms with Crippen LogP contribution in [0, 0.1) is 23.1 Å². The molecule has 10 heteroatoms. The third-order valence-electron chi connectivity index (χ3n) is 10.2. The molecule has 45 heavy (non-hydrogen) atoms. The fraction of sp³-hybridized carbons (Fsp3) is 0.400. The van der Waals surface area contributed by atoms with E-state index < -0.39 is 25.8 Å². The third kappa shape index (κ3) is 4.71. The van der Waals surface area contributed by atoms with Gasteiger partial charge >= 0.3 is 6.09 Å². The lowest BCUT2D eigenvalue weighted by atomic mass is 9.94. The molecule has 2 aromatic heterocycles. The van der Waals surface area contributed by atoms with E-state index in [2.05, 4.69) is 63.0 Å². The Kier molecular flexibility index (Phi) is 7.72. The van der Waals surface area contributed by atoms with Gasteiger partial charge in [0, 0.05) is 35.6 Å². The Balaban J connectivity index is 1.50. The molecule has 0 saturated carbocycles. The molecule has 234 valence electrons. The Morgan fingerprint density at radius 3 is 2.40 bits per heavy atom. The van der Waals surface area contributed by atoms with Crippen LogP contribution in [0.4, 0.5) is 25.0 Å². The van der Waals surface area contributed by atoms with Crippen molar-refractivity contribution in [3.8, 4) is 22.7 Å². The van der Waals surface area contributed by atoms with Crippen molar-refractivity contribution < 1.29 is 18.7 Å². The maximum absolute atomic E-state index is 16.5. The summed E-state index contributed by atoms with van der Waals surface area (Å²) in [5.41, 5.74) is 13.0. The van der Waals surface area contributed by atoms with Gasteiger partial charge in [-0.25, -0.2) is 13.6 Å². The number of benzene rings is 2. The summed E-state index contributed by atoms with van der Waals surface area (Å²) in [6, 6.07) is 8.38. The first-order valence-electron chi connectivity index (χ1n) is 15.6. The quantitative estimate of drug-likeness (QED) is 0.173. The number of halogens is 2. The number of hydrogen-bond donors (Lipinski definition) is 2. The smallest absolute Gasteiger partial charge is 0.407 e. The van der Waals surface area contributed by atoms with Gasteiger partial charge in [-0.15, -0.1) is 5.54 Å². The number of aromatic nitrogens is 2. The Morgan fingerprint density at radius 2 is 1.73 bits per heavy atom. The van der Waals surface area contributed by atoms with E-state index in [0.29, 0.717) is 63.8 Å². The number of nitrogen functional groups attached to an aromatic ring is 1. The van der Waals surface area contributed by atoms with Gasteiger partial charge in [0.2, 0.25) is 0 Å². The molecule has 4 aromatic rings. The molecule has 0 radical (unpaired) electrons. The lowest BCUT2D eigenvalue weighted by Gasteiger charge is -2.48. The van der Waals surface area contributed by atoms with E-state index in [1.54, 1.807) is 18.3 Å². The predicted molar refractivity (Wildman–Crippen MR) is 179 cm³/mol. The highest BCUT2D eigenvalue weighted by atomic mass is 28.3. The van der Waals surface area contributed by atoms with Gasteiger partial charge in [-0.3, -0.25) is 9.97 Å². The molecule has 1 amide bonds. The monoisotopic (exact) mass is 627 g/mol. The summed E-state index contributed by atoms with van der Waals surface area (Å²) in [6.45, 7) is 14.2. The maximum Gasteiger partial charge on any atom is 0.407 e. The first-order valence-corrected chi connectivity index (χ1v) is 17.8. The normalized spacial score (nSPS) is 18.1. The summed E-state index contributed by atoms with van der Waals surface area (Å²) in [5.74, 6) is 2.21. The van der Waals surface area contributed by atoms with Gasteiger partial charge in [0.25, 0.3) is 0 Å². The second-order valence-electron chi connectivity index (χ2n) is 13.3. The van der Waals surface area contributed by atoms with Crippen LogP contribution in [0.25, 0.3) is 32.9 Å². The van der Waals surface area contributed by atoms with Crippen molar-refractivity contribution in [2.24, 2.45) is 0 Å². The molecule has 2 aliphatic heterocycles. The number of pyridine rings is 2. The van der Waals surface area contributed by atoms with Crippen LogP contribution in [0.3, 0.4) is 0 Å². The van der Waals surface area contributed by atoms with E-state index in [0.717, 1.165) is 5.39 Å². The van der Waals surface area contributed by atoms with Crippen molar-refractivity contribution in [2.75, 3.05) is 23.7 Å². The number of likely N-dealkylation sites (tertiary alicyclic amines) is 1. The number of rotatable bonds is 5. The summed E-state index contributed by atoms with van der Waals surface area (Å²) >= 11 is 0. The molecule has 2 saturated heterocycles. The molecule has 6 rings (SSSR count). The largest absolute Gasteiger partial charge is 0.465 e. The first-order chi connectivity index (χ1) is 21.4. The van der Waals surface area contributed by atoms with E-state index in [9.17, 15) is 9.90 Å². The highest BCUT2D eigenvalue weighted by molar-refractivity contribution is 6.90. The van der Waals surface area contributed by atoms with Crippen molar-refractivity contribution in [1.29, 1.82) is 0 Å². The van der Waals surface area contributed by atoms with E-state index in [-0.39, 0.29) is 28.9 Å². The van der Waals surface area contributed by atoms with Crippen LogP contribution < -0.4 is 10.6 Å². The highest BCUT2D eigenvalue weighted by Crippen LogP contribution is 2.44. The number of amides is 1. The second-order valence-corrected chi connectivity index (χ2v) is 18.9. The van der Waals surface area contributed by atoms with Gasteiger partial charge < -0.3 is 20.6 Å². The van der Waals surface area contributed by atoms with Crippen LogP contribution in [0.5, 0.6) is 0 Å². The Hall–Kier alpha value is -4.23. The molecule has 0 aliphatic carbocycles. The molecule has 3 N–H and O–H groups in total. The molecule has 7 nitrogen and oxygen atoms in total. The van der Waals surface area contributed by atoms with Crippen LogP contribution >= 0.6 is 0 Å². The Labute approximate surface area is 263 Å². The number of carboxylic acid groups (broad SMARTS) is 1. The van der Waals surface area contributed by atoms with Crippen LogP contribution in [0.15, 0.2) is 42.7 Å². The highest BCUT2D eigenvalue weighted by Gasteiger charge is 2.50.